The number of amides is 1. The van der Waals surface area contributed by atoms with Crippen LogP contribution in [0.2, 0.25) is 0 Å². The molecule has 0 radical (unpaired) electrons. The maximum absolute atomic E-state index is 12.9. The Kier molecular flexibility index (Phi) is 6.78. The molecule has 3 heterocycles. The summed E-state index contributed by atoms with van der Waals surface area (Å²) in [4.78, 5) is 30.1. The summed E-state index contributed by atoms with van der Waals surface area (Å²) in [5, 5.41) is 1.29. The van der Waals surface area contributed by atoms with Crippen molar-refractivity contribution in [3.05, 3.63) is 16.3 Å². The van der Waals surface area contributed by atoms with Crippen molar-refractivity contribution in [3.8, 4) is 0 Å². The van der Waals surface area contributed by atoms with Crippen LogP contribution in [0.3, 0.4) is 0 Å². The van der Waals surface area contributed by atoms with Crippen LogP contribution in [0.4, 0.5) is 5.82 Å². The van der Waals surface area contributed by atoms with Gasteiger partial charge in [0, 0.05) is 42.9 Å². The molecule has 1 aliphatic carbocycles. The van der Waals surface area contributed by atoms with Crippen molar-refractivity contribution in [2.45, 2.75) is 72.1 Å². The maximum atomic E-state index is 12.9. The zero-order valence-electron chi connectivity index (χ0n) is 19.3. The van der Waals surface area contributed by atoms with Crippen molar-refractivity contribution >= 4 is 44.9 Å². The minimum absolute atomic E-state index is 0.152. The second kappa shape index (κ2) is 9.22. The van der Waals surface area contributed by atoms with E-state index in [0.717, 1.165) is 55.5 Å². The van der Waals surface area contributed by atoms with Gasteiger partial charge in [0.1, 0.15) is 16.5 Å². The average molecular weight is 463 g/mol. The van der Waals surface area contributed by atoms with Crippen LogP contribution in [0.15, 0.2) is 0 Å². The molecule has 0 N–H and O–H groups in total. The first kappa shape index (κ1) is 22.8. The lowest BCUT2D eigenvalue weighted by atomic mass is 9.94. The van der Waals surface area contributed by atoms with Crippen LogP contribution in [0.1, 0.15) is 75.6 Å². The number of hydrogen-bond donors (Lipinski definition) is 0. The van der Waals surface area contributed by atoms with Crippen LogP contribution in [0, 0.1) is 5.41 Å². The number of nitrogens with zero attached hydrogens (tertiary/aromatic N) is 4. The lowest BCUT2D eigenvalue weighted by Gasteiger charge is -2.39. The molecule has 2 aromatic heterocycles. The first-order valence-electron chi connectivity index (χ1n) is 11.8. The van der Waals surface area contributed by atoms with Crippen molar-refractivity contribution in [1.29, 1.82) is 0 Å². The summed E-state index contributed by atoms with van der Waals surface area (Å²) in [5.41, 5.74) is 0.977. The number of piperazine rings is 1. The fraction of sp³-hybridized carbons (Fsp3) is 0.708. The summed E-state index contributed by atoms with van der Waals surface area (Å²) in [6.45, 7) is 11.3. The van der Waals surface area contributed by atoms with E-state index in [-0.39, 0.29) is 5.91 Å². The van der Waals surface area contributed by atoms with Gasteiger partial charge in [-0.25, -0.2) is 9.97 Å². The number of alkyl halides is 1. The third-order valence-electron chi connectivity index (χ3n) is 6.90. The van der Waals surface area contributed by atoms with E-state index in [1.165, 1.54) is 41.5 Å². The Morgan fingerprint density at radius 1 is 1.13 bits per heavy atom. The number of rotatable bonds is 5. The molecule has 0 saturated carbocycles. The third-order valence-corrected chi connectivity index (χ3v) is 8.75. The van der Waals surface area contributed by atoms with E-state index in [2.05, 4.69) is 18.7 Å². The van der Waals surface area contributed by atoms with E-state index in [0.29, 0.717) is 11.8 Å². The molecule has 1 aliphatic heterocycles. The molecule has 0 spiro atoms. The second-order valence-corrected chi connectivity index (χ2v) is 11.1. The lowest BCUT2D eigenvalue weighted by Crippen LogP contribution is -2.52. The Labute approximate surface area is 195 Å². The van der Waals surface area contributed by atoms with Crippen molar-refractivity contribution in [1.82, 2.24) is 14.9 Å². The van der Waals surface area contributed by atoms with Crippen LogP contribution >= 0.6 is 22.9 Å². The quantitative estimate of drug-likeness (QED) is 0.441. The molecule has 170 valence electrons. The smallest absolute Gasteiger partial charge is 0.229 e. The zero-order valence-corrected chi connectivity index (χ0v) is 20.9. The van der Waals surface area contributed by atoms with Crippen molar-refractivity contribution in [3.63, 3.8) is 0 Å². The van der Waals surface area contributed by atoms with E-state index in [9.17, 15) is 4.79 Å². The van der Waals surface area contributed by atoms with Gasteiger partial charge in [-0.1, -0.05) is 20.3 Å². The second-order valence-electron chi connectivity index (χ2n) is 9.76. The average Bonchev–Trinajstić information content (AvgIpc) is 2.98. The highest BCUT2D eigenvalue weighted by Crippen LogP contribution is 2.40. The molecule has 1 amide bonds. The number of halogens is 1. The zero-order chi connectivity index (χ0) is 22.2. The Morgan fingerprint density at radius 3 is 2.52 bits per heavy atom. The summed E-state index contributed by atoms with van der Waals surface area (Å²) < 4.78 is 0. The van der Waals surface area contributed by atoms with E-state index >= 15 is 0 Å². The molecule has 2 aliphatic rings. The van der Waals surface area contributed by atoms with Crippen molar-refractivity contribution < 1.29 is 4.79 Å². The monoisotopic (exact) mass is 462 g/mol. The van der Waals surface area contributed by atoms with Gasteiger partial charge in [0.2, 0.25) is 5.91 Å². The van der Waals surface area contributed by atoms with E-state index in [1.807, 2.05) is 30.1 Å². The molecular formula is C24H35ClN4OS. The molecule has 2 aromatic rings. The van der Waals surface area contributed by atoms with Crippen LogP contribution in [-0.4, -0.2) is 52.8 Å². The van der Waals surface area contributed by atoms with Gasteiger partial charge in [0.15, 0.2) is 0 Å². The fourth-order valence-electron chi connectivity index (χ4n) is 4.57. The van der Waals surface area contributed by atoms with Gasteiger partial charge >= 0.3 is 0 Å². The molecule has 1 saturated heterocycles. The van der Waals surface area contributed by atoms with Gasteiger partial charge in [0.05, 0.1) is 10.8 Å². The number of thiophene rings is 1. The van der Waals surface area contributed by atoms with Gasteiger partial charge in [-0.15, -0.1) is 22.9 Å². The number of carbonyl (C=O) groups is 1. The maximum Gasteiger partial charge on any atom is 0.229 e. The molecule has 0 aromatic carbocycles. The minimum Gasteiger partial charge on any atom is -0.352 e. The summed E-state index contributed by atoms with van der Waals surface area (Å²) in [6, 6.07) is 0. The third kappa shape index (κ3) is 4.43. The number of aromatic nitrogens is 2. The minimum atomic E-state index is -0.514. The Hall–Kier alpha value is -1.40. The van der Waals surface area contributed by atoms with Crippen LogP contribution in [-0.2, 0) is 17.6 Å². The molecule has 4 rings (SSSR count). The number of hydrogen-bond acceptors (Lipinski definition) is 5. The first-order valence-corrected chi connectivity index (χ1v) is 13.1. The Balaban J connectivity index is 1.68. The lowest BCUT2D eigenvalue weighted by molar-refractivity contribution is -0.139. The highest BCUT2D eigenvalue weighted by atomic mass is 35.5. The molecule has 31 heavy (non-hydrogen) atoms. The normalized spacial score (nSPS) is 18.7. The number of anilines is 1. The molecule has 1 unspecified atom stereocenters. The van der Waals surface area contributed by atoms with Gasteiger partial charge < -0.3 is 9.80 Å². The highest BCUT2D eigenvalue weighted by Gasteiger charge is 2.34. The summed E-state index contributed by atoms with van der Waals surface area (Å²) in [5.74, 6) is 2.90. The predicted molar refractivity (Wildman–Crippen MR) is 131 cm³/mol. The fourth-order valence-corrected chi connectivity index (χ4v) is 5.95. The Morgan fingerprint density at radius 2 is 1.84 bits per heavy atom. The van der Waals surface area contributed by atoms with E-state index in [1.54, 1.807) is 0 Å². The van der Waals surface area contributed by atoms with Crippen LogP contribution in [0.5, 0.6) is 0 Å². The topological polar surface area (TPSA) is 49.3 Å². The summed E-state index contributed by atoms with van der Waals surface area (Å²) >= 11 is 7.94. The van der Waals surface area contributed by atoms with E-state index in [4.69, 9.17) is 21.6 Å². The molecular weight excluding hydrogens is 428 g/mol. The highest BCUT2D eigenvalue weighted by molar-refractivity contribution is 7.19. The van der Waals surface area contributed by atoms with Crippen LogP contribution < -0.4 is 4.90 Å². The molecule has 1 fully saturated rings. The summed E-state index contributed by atoms with van der Waals surface area (Å²) in [7, 11) is 0. The van der Waals surface area contributed by atoms with Gasteiger partial charge in [-0.3, -0.25) is 4.79 Å². The predicted octanol–water partition coefficient (Wildman–Crippen LogP) is 5.39. The summed E-state index contributed by atoms with van der Waals surface area (Å²) in [6.07, 6.45) is 7.17. The van der Waals surface area contributed by atoms with Gasteiger partial charge in [-0.2, -0.15) is 0 Å². The molecule has 7 heteroatoms. The van der Waals surface area contributed by atoms with Crippen LogP contribution in [0.25, 0.3) is 10.2 Å². The SMILES string of the molecule is CCC(C)c1nc(N2CCN(C(=O)C(C)(C)CCl)CC2)c2c3c(sc2n1)CCCCC3. The van der Waals surface area contributed by atoms with Crippen molar-refractivity contribution in [2.75, 3.05) is 37.0 Å². The van der Waals surface area contributed by atoms with Crippen molar-refractivity contribution in [2.24, 2.45) is 5.41 Å². The molecule has 1 atom stereocenters. The molecule has 5 nitrogen and oxygen atoms in total. The number of carbonyl (C=O) groups excluding carboxylic acids is 1. The molecule has 0 bridgehead atoms. The first-order chi connectivity index (χ1) is 14.9. The van der Waals surface area contributed by atoms with Gasteiger partial charge in [-0.05, 0) is 51.5 Å². The van der Waals surface area contributed by atoms with Gasteiger partial charge in [0.25, 0.3) is 0 Å². The largest absolute Gasteiger partial charge is 0.352 e. The number of fused-ring (bicyclic) bond motifs is 3. The number of aryl methyl sites for hydroxylation is 2. The van der Waals surface area contributed by atoms with E-state index < -0.39 is 5.41 Å². The standard InChI is InChI=1S/C24H35ClN4OS/c1-5-16(2)20-26-21(19-17-9-7-6-8-10-18(17)31-22(19)27-20)28-11-13-29(14-12-28)23(30)24(3,4)15-25/h16H,5-15H2,1-4H3. The Bertz CT molecular complexity index is 949.